The van der Waals surface area contributed by atoms with Crippen molar-refractivity contribution in [3.05, 3.63) is 101 Å². The highest BCUT2D eigenvalue weighted by Crippen LogP contribution is 2.26. The van der Waals surface area contributed by atoms with E-state index in [-0.39, 0.29) is 0 Å². The van der Waals surface area contributed by atoms with Gasteiger partial charge in [0.15, 0.2) is 0 Å². The van der Waals surface area contributed by atoms with Crippen molar-refractivity contribution < 1.29 is 13.2 Å². The Morgan fingerprint density at radius 2 is 1.55 bits per heavy atom. The molecule has 0 spiro atoms. The van der Waals surface area contributed by atoms with Crippen LogP contribution >= 0.6 is 11.6 Å². The highest BCUT2D eigenvalue weighted by Gasteiger charge is 2.31. The molecule has 1 amide bonds. The van der Waals surface area contributed by atoms with E-state index in [2.05, 4.69) is 5.32 Å². The topological polar surface area (TPSA) is 66.5 Å². The summed E-state index contributed by atoms with van der Waals surface area (Å²) in [7, 11) is -3.74. The van der Waals surface area contributed by atoms with Gasteiger partial charge in [-0.25, -0.2) is 8.42 Å². The van der Waals surface area contributed by atoms with Crippen molar-refractivity contribution in [2.45, 2.75) is 25.9 Å². The summed E-state index contributed by atoms with van der Waals surface area (Å²) in [6.45, 7) is 3.56. The first-order valence-electron chi connectivity index (χ1n) is 9.83. The van der Waals surface area contributed by atoms with Gasteiger partial charge in [0.2, 0.25) is 15.9 Å². The standard InChI is InChI=1S/C24H25ClN2O3S/c1-17-12-14-20(15-13-17)23(19-8-5-4-6-9-19)26-24(28)18(2)27(31(3,29)30)22-11-7-10-21(25)16-22/h4-16,18,23H,1-3H3,(H,26,28)/t18-,23+/m0/s1. The van der Waals surface area contributed by atoms with E-state index in [1.165, 1.54) is 6.07 Å². The molecule has 3 aromatic rings. The largest absolute Gasteiger partial charge is 0.343 e. The van der Waals surface area contributed by atoms with Crippen molar-refractivity contribution in [2.75, 3.05) is 10.6 Å². The zero-order chi connectivity index (χ0) is 22.6. The number of halogens is 1. The van der Waals surface area contributed by atoms with Gasteiger partial charge in [-0.15, -0.1) is 0 Å². The average molecular weight is 457 g/mol. The summed E-state index contributed by atoms with van der Waals surface area (Å²) in [5, 5.41) is 3.42. The summed E-state index contributed by atoms with van der Waals surface area (Å²) in [6.07, 6.45) is 1.08. The van der Waals surface area contributed by atoms with Crippen molar-refractivity contribution in [2.24, 2.45) is 0 Å². The number of amides is 1. The molecule has 3 rings (SSSR count). The number of nitrogens with zero attached hydrogens (tertiary/aromatic N) is 1. The Kier molecular flexibility index (Phi) is 7.03. The molecular weight excluding hydrogens is 432 g/mol. The summed E-state index contributed by atoms with van der Waals surface area (Å²) in [4.78, 5) is 13.3. The van der Waals surface area contributed by atoms with E-state index in [1.54, 1.807) is 25.1 Å². The van der Waals surface area contributed by atoms with Crippen LogP contribution in [0.2, 0.25) is 5.02 Å². The predicted molar refractivity (Wildman–Crippen MR) is 126 cm³/mol. The fourth-order valence-corrected chi connectivity index (χ4v) is 4.80. The Balaban J connectivity index is 1.95. The van der Waals surface area contributed by atoms with Crippen LogP contribution in [0.25, 0.3) is 0 Å². The van der Waals surface area contributed by atoms with Gasteiger partial charge in [-0.2, -0.15) is 0 Å². The van der Waals surface area contributed by atoms with Crippen molar-refractivity contribution in [1.82, 2.24) is 5.32 Å². The van der Waals surface area contributed by atoms with Gasteiger partial charge in [0.1, 0.15) is 6.04 Å². The highest BCUT2D eigenvalue weighted by molar-refractivity contribution is 7.92. The average Bonchev–Trinajstić information content (AvgIpc) is 2.72. The Labute approximate surface area is 188 Å². The van der Waals surface area contributed by atoms with Gasteiger partial charge in [0.25, 0.3) is 0 Å². The molecule has 0 fully saturated rings. The minimum Gasteiger partial charge on any atom is -0.343 e. The number of hydrogen-bond acceptors (Lipinski definition) is 3. The molecule has 0 aliphatic carbocycles. The maximum Gasteiger partial charge on any atom is 0.244 e. The van der Waals surface area contributed by atoms with Crippen molar-refractivity contribution >= 4 is 33.2 Å². The summed E-state index contributed by atoms with van der Waals surface area (Å²) < 4.78 is 26.2. The molecule has 0 aromatic heterocycles. The Morgan fingerprint density at radius 1 is 0.935 bits per heavy atom. The normalized spacial score (nSPS) is 13.3. The minimum absolute atomic E-state index is 0.337. The molecule has 0 aliphatic rings. The molecule has 162 valence electrons. The zero-order valence-electron chi connectivity index (χ0n) is 17.6. The quantitative estimate of drug-likeness (QED) is 0.560. The lowest BCUT2D eigenvalue weighted by atomic mass is 9.97. The highest BCUT2D eigenvalue weighted by atomic mass is 35.5. The van der Waals surface area contributed by atoms with Crippen LogP contribution < -0.4 is 9.62 Å². The second kappa shape index (κ2) is 9.54. The summed E-state index contributed by atoms with van der Waals surface area (Å²) in [5.41, 5.74) is 3.26. The maximum absolute atomic E-state index is 13.3. The molecule has 7 heteroatoms. The van der Waals surface area contributed by atoms with Gasteiger partial charge in [-0.3, -0.25) is 9.10 Å². The van der Waals surface area contributed by atoms with Gasteiger partial charge in [-0.1, -0.05) is 77.8 Å². The molecule has 2 atom stereocenters. The number of benzene rings is 3. The van der Waals surface area contributed by atoms with Crippen molar-refractivity contribution in [1.29, 1.82) is 0 Å². The fourth-order valence-electron chi connectivity index (χ4n) is 3.45. The molecule has 0 radical (unpaired) electrons. The second-order valence-corrected chi connectivity index (χ2v) is 9.77. The molecule has 5 nitrogen and oxygen atoms in total. The third kappa shape index (κ3) is 5.66. The van der Waals surface area contributed by atoms with Crippen LogP contribution in [-0.4, -0.2) is 26.6 Å². The number of anilines is 1. The molecule has 0 saturated carbocycles. The molecule has 3 aromatic carbocycles. The van der Waals surface area contributed by atoms with Crippen molar-refractivity contribution in [3.63, 3.8) is 0 Å². The molecule has 0 heterocycles. The molecule has 0 saturated heterocycles. The van der Waals surface area contributed by atoms with Gasteiger partial charge < -0.3 is 5.32 Å². The lowest BCUT2D eigenvalue weighted by Crippen LogP contribution is -2.48. The number of sulfonamides is 1. The van der Waals surface area contributed by atoms with Crippen LogP contribution in [0.15, 0.2) is 78.9 Å². The molecule has 0 unspecified atom stereocenters. The SMILES string of the molecule is Cc1ccc([C@H](NC(=O)[C@H](C)N(c2cccc(Cl)c2)S(C)(=O)=O)c2ccccc2)cc1. The minimum atomic E-state index is -3.74. The number of nitrogens with one attached hydrogen (secondary N) is 1. The molecule has 31 heavy (non-hydrogen) atoms. The van der Waals surface area contributed by atoms with E-state index < -0.39 is 28.0 Å². The van der Waals surface area contributed by atoms with E-state index in [4.69, 9.17) is 11.6 Å². The Bertz CT molecular complexity index is 1150. The van der Waals surface area contributed by atoms with Crippen LogP contribution in [-0.2, 0) is 14.8 Å². The number of aryl methyl sites for hydroxylation is 1. The monoisotopic (exact) mass is 456 g/mol. The van der Waals surface area contributed by atoms with Gasteiger partial charge in [-0.05, 0) is 43.2 Å². The predicted octanol–water partition coefficient (Wildman–Crippen LogP) is 4.71. The molecule has 0 aliphatic heterocycles. The number of carbonyl (C=O) groups excluding carboxylic acids is 1. The molecule has 0 bridgehead atoms. The van der Waals surface area contributed by atoms with Crippen LogP contribution in [0.3, 0.4) is 0 Å². The Morgan fingerprint density at radius 3 is 2.13 bits per heavy atom. The first kappa shape index (κ1) is 22.8. The van der Waals surface area contributed by atoms with Crippen LogP contribution in [0.1, 0.15) is 29.7 Å². The third-order valence-corrected chi connectivity index (χ3v) is 6.46. The molecule has 1 N–H and O–H groups in total. The summed E-state index contributed by atoms with van der Waals surface area (Å²) in [6, 6.07) is 22.5. The van der Waals surface area contributed by atoms with Crippen LogP contribution in [0, 0.1) is 6.92 Å². The lowest BCUT2D eigenvalue weighted by molar-refractivity contribution is -0.122. The first-order valence-corrected chi connectivity index (χ1v) is 12.1. The number of hydrogen-bond donors (Lipinski definition) is 1. The fraction of sp³-hybridized carbons (Fsp3) is 0.208. The first-order chi connectivity index (χ1) is 14.7. The summed E-state index contributed by atoms with van der Waals surface area (Å²) >= 11 is 6.06. The van der Waals surface area contributed by atoms with E-state index in [9.17, 15) is 13.2 Å². The van der Waals surface area contributed by atoms with E-state index >= 15 is 0 Å². The number of carbonyl (C=O) groups is 1. The van der Waals surface area contributed by atoms with Crippen LogP contribution in [0.4, 0.5) is 5.69 Å². The van der Waals surface area contributed by atoms with Gasteiger partial charge >= 0.3 is 0 Å². The smallest absolute Gasteiger partial charge is 0.244 e. The lowest BCUT2D eigenvalue weighted by Gasteiger charge is -2.30. The van der Waals surface area contributed by atoms with E-state index in [0.29, 0.717) is 10.7 Å². The van der Waals surface area contributed by atoms with Crippen molar-refractivity contribution in [3.8, 4) is 0 Å². The summed E-state index contributed by atoms with van der Waals surface area (Å²) in [5.74, 6) is -0.417. The Hall–Kier alpha value is -2.83. The zero-order valence-corrected chi connectivity index (χ0v) is 19.2. The maximum atomic E-state index is 13.3. The third-order valence-electron chi connectivity index (χ3n) is 4.98. The molecular formula is C24H25ClN2O3S. The second-order valence-electron chi connectivity index (χ2n) is 7.48. The van der Waals surface area contributed by atoms with Gasteiger partial charge in [0, 0.05) is 5.02 Å². The van der Waals surface area contributed by atoms with Crippen LogP contribution in [0.5, 0.6) is 0 Å². The van der Waals surface area contributed by atoms with E-state index in [0.717, 1.165) is 27.3 Å². The van der Waals surface area contributed by atoms with Gasteiger partial charge in [0.05, 0.1) is 18.0 Å². The number of rotatable bonds is 7. The van der Waals surface area contributed by atoms with E-state index in [1.807, 2.05) is 61.5 Å².